The number of nitrogens with zero attached hydrogens (tertiary/aromatic N) is 4. The molecule has 0 radical (unpaired) electrons. The molecule has 0 bridgehead atoms. The Morgan fingerprint density at radius 1 is 1.20 bits per heavy atom. The maximum absolute atomic E-state index is 13.0. The molecule has 1 amide bonds. The third-order valence-electron chi connectivity index (χ3n) is 7.47. The Labute approximate surface area is 238 Å². The topological polar surface area (TPSA) is 143 Å². The van der Waals surface area contributed by atoms with Gasteiger partial charge in [0.2, 0.25) is 0 Å². The minimum atomic E-state index is -0.250. The molecule has 0 saturated carbocycles. The lowest BCUT2D eigenvalue weighted by atomic mass is 9.90. The third-order valence-corrected chi connectivity index (χ3v) is 7.47. The molecule has 4 N–H and O–H groups in total. The fourth-order valence-electron chi connectivity index (χ4n) is 5.48. The second-order valence-electron chi connectivity index (χ2n) is 10.5. The van der Waals surface area contributed by atoms with E-state index in [1.165, 1.54) is 5.56 Å². The summed E-state index contributed by atoms with van der Waals surface area (Å²) < 4.78 is 7.57. The number of carbonyl (C=O) groups excluding carboxylic acids is 1. The fourth-order valence-corrected chi connectivity index (χ4v) is 5.48. The standard InChI is InChI=1S/C29H33N7O2.CH2O2/c1-17(2)31-15-23-19(18-8-12-38-13-9-18)4-5-25(34-23)35-24-16-32-27(22-14-33-29(37)26(22)24)20-6-10-30-28-21(20)7-11-36(28)3;2-1-3/h4-7,10-11,16-18,31H,8-9,12-15H2,1-3H3,(H,33,37)(H,34,35);1H,(H,2,3). The van der Waals surface area contributed by atoms with Gasteiger partial charge in [0.25, 0.3) is 12.4 Å². The van der Waals surface area contributed by atoms with Crippen LogP contribution >= 0.6 is 0 Å². The molecule has 0 spiro atoms. The molecule has 11 heteroatoms. The minimum Gasteiger partial charge on any atom is -0.483 e. The summed E-state index contributed by atoms with van der Waals surface area (Å²) in [6.45, 7) is 6.71. The summed E-state index contributed by atoms with van der Waals surface area (Å²) in [5, 5.41) is 17.8. The van der Waals surface area contributed by atoms with E-state index in [2.05, 4.69) is 40.8 Å². The molecule has 0 unspecified atom stereocenters. The molecule has 11 nitrogen and oxygen atoms in total. The average Bonchev–Trinajstić information content (AvgIpc) is 3.56. The van der Waals surface area contributed by atoms with Gasteiger partial charge >= 0.3 is 0 Å². The third kappa shape index (κ3) is 5.91. The number of carbonyl (C=O) groups is 2. The van der Waals surface area contributed by atoms with Crippen molar-refractivity contribution in [2.75, 3.05) is 18.5 Å². The Hall–Kier alpha value is -4.35. The first-order valence-corrected chi connectivity index (χ1v) is 13.8. The zero-order chi connectivity index (χ0) is 28.9. The molecule has 0 atom stereocenters. The number of anilines is 2. The maximum Gasteiger partial charge on any atom is 0.290 e. The Morgan fingerprint density at radius 3 is 2.73 bits per heavy atom. The molecule has 214 valence electrons. The monoisotopic (exact) mass is 557 g/mol. The number of amides is 1. The normalized spacial score (nSPS) is 14.9. The maximum atomic E-state index is 13.0. The molecule has 4 aromatic rings. The Balaban J connectivity index is 0.00000108. The lowest BCUT2D eigenvalue weighted by Gasteiger charge is -2.25. The number of ether oxygens (including phenoxy) is 1. The van der Waals surface area contributed by atoms with Gasteiger partial charge in [-0.2, -0.15) is 0 Å². The lowest BCUT2D eigenvalue weighted by molar-refractivity contribution is -0.122. The van der Waals surface area contributed by atoms with Crippen molar-refractivity contribution in [3.63, 3.8) is 0 Å². The number of pyridine rings is 3. The van der Waals surface area contributed by atoms with Crippen LogP contribution in [0.3, 0.4) is 0 Å². The summed E-state index contributed by atoms with van der Waals surface area (Å²) in [5.41, 5.74) is 7.12. The summed E-state index contributed by atoms with van der Waals surface area (Å²) in [6, 6.07) is 8.54. The molecule has 0 aliphatic carbocycles. The average molecular weight is 558 g/mol. The van der Waals surface area contributed by atoms with Crippen molar-refractivity contribution in [2.24, 2.45) is 7.05 Å². The number of fused-ring (bicyclic) bond motifs is 2. The van der Waals surface area contributed by atoms with Crippen LogP contribution in [-0.2, 0) is 29.7 Å². The van der Waals surface area contributed by atoms with E-state index >= 15 is 0 Å². The number of aromatic nitrogens is 4. The fraction of sp³-hybridized carbons (Fsp3) is 0.367. The van der Waals surface area contributed by atoms with Crippen molar-refractivity contribution in [2.45, 2.75) is 51.7 Å². The summed E-state index contributed by atoms with van der Waals surface area (Å²) in [5.74, 6) is 1.04. The van der Waals surface area contributed by atoms with Gasteiger partial charge in [-0.3, -0.25) is 14.6 Å². The van der Waals surface area contributed by atoms with Gasteiger partial charge in [0.05, 0.1) is 28.8 Å². The van der Waals surface area contributed by atoms with E-state index in [1.54, 1.807) is 12.4 Å². The van der Waals surface area contributed by atoms with E-state index in [9.17, 15) is 4.79 Å². The number of hydrogen-bond donors (Lipinski definition) is 4. The van der Waals surface area contributed by atoms with Crippen molar-refractivity contribution in [3.8, 4) is 11.3 Å². The number of nitrogens with one attached hydrogen (secondary N) is 3. The van der Waals surface area contributed by atoms with Crippen LogP contribution in [0.2, 0.25) is 0 Å². The van der Waals surface area contributed by atoms with Crippen LogP contribution in [0.4, 0.5) is 11.5 Å². The molecule has 2 aliphatic rings. The zero-order valence-corrected chi connectivity index (χ0v) is 23.5. The second-order valence-corrected chi connectivity index (χ2v) is 10.5. The van der Waals surface area contributed by atoms with Gasteiger partial charge in [-0.15, -0.1) is 0 Å². The van der Waals surface area contributed by atoms with Crippen LogP contribution in [-0.4, -0.2) is 56.3 Å². The van der Waals surface area contributed by atoms with Crippen LogP contribution in [0.15, 0.2) is 42.9 Å². The molecule has 41 heavy (non-hydrogen) atoms. The minimum absolute atomic E-state index is 0.106. The highest BCUT2D eigenvalue weighted by Gasteiger charge is 2.28. The first-order valence-electron chi connectivity index (χ1n) is 13.8. The molecule has 6 heterocycles. The van der Waals surface area contributed by atoms with Gasteiger partial charge in [-0.1, -0.05) is 19.9 Å². The highest BCUT2D eigenvalue weighted by molar-refractivity contribution is 6.06. The number of aryl methyl sites for hydroxylation is 1. The molecule has 4 aromatic heterocycles. The lowest BCUT2D eigenvalue weighted by Crippen LogP contribution is -2.25. The van der Waals surface area contributed by atoms with Gasteiger partial charge in [-0.25, -0.2) is 9.97 Å². The summed E-state index contributed by atoms with van der Waals surface area (Å²) in [4.78, 5) is 35.7. The predicted octanol–water partition coefficient (Wildman–Crippen LogP) is 4.11. The summed E-state index contributed by atoms with van der Waals surface area (Å²) in [6.07, 6.45) is 7.53. The molecule has 1 fully saturated rings. The molecule has 1 saturated heterocycles. The van der Waals surface area contributed by atoms with Crippen LogP contribution in [0.5, 0.6) is 0 Å². The highest BCUT2D eigenvalue weighted by Crippen LogP contribution is 2.36. The second kappa shape index (κ2) is 12.4. The highest BCUT2D eigenvalue weighted by atomic mass is 16.5. The molecule has 6 rings (SSSR count). The van der Waals surface area contributed by atoms with E-state index < -0.39 is 0 Å². The van der Waals surface area contributed by atoms with Crippen molar-refractivity contribution in [1.29, 1.82) is 0 Å². The molecular weight excluding hydrogens is 522 g/mol. The van der Waals surface area contributed by atoms with Crippen molar-refractivity contribution >= 4 is 34.9 Å². The van der Waals surface area contributed by atoms with Crippen LogP contribution in [0.25, 0.3) is 22.3 Å². The van der Waals surface area contributed by atoms with E-state index in [-0.39, 0.29) is 12.4 Å². The van der Waals surface area contributed by atoms with Gasteiger partial charge in [0.1, 0.15) is 11.5 Å². The first-order chi connectivity index (χ1) is 19.9. The Morgan fingerprint density at radius 2 is 1.98 bits per heavy atom. The SMILES string of the molecule is CC(C)NCc1nc(Nc2cnc(-c3ccnc4c3ccn4C)c3c2C(=O)NC3)ccc1C1CCOCC1.O=CO. The largest absolute Gasteiger partial charge is 0.483 e. The van der Waals surface area contributed by atoms with E-state index in [1.807, 2.05) is 36.0 Å². The molecular formula is C30H35N7O4. The van der Waals surface area contributed by atoms with Crippen molar-refractivity contribution in [1.82, 2.24) is 30.2 Å². The summed E-state index contributed by atoms with van der Waals surface area (Å²) in [7, 11) is 1.97. The van der Waals surface area contributed by atoms with Crippen LogP contribution in [0, 0.1) is 0 Å². The van der Waals surface area contributed by atoms with E-state index in [0.29, 0.717) is 42.1 Å². The van der Waals surface area contributed by atoms with E-state index in [4.69, 9.17) is 24.6 Å². The van der Waals surface area contributed by atoms with Crippen molar-refractivity contribution < 1.29 is 19.4 Å². The Kier molecular flexibility index (Phi) is 8.55. The van der Waals surface area contributed by atoms with Gasteiger partial charge < -0.3 is 30.4 Å². The summed E-state index contributed by atoms with van der Waals surface area (Å²) >= 11 is 0. The van der Waals surface area contributed by atoms with Gasteiger partial charge in [-0.05, 0) is 42.5 Å². The predicted molar refractivity (Wildman–Crippen MR) is 156 cm³/mol. The van der Waals surface area contributed by atoms with Crippen LogP contribution < -0.4 is 16.0 Å². The molecule has 2 aliphatic heterocycles. The van der Waals surface area contributed by atoms with E-state index in [0.717, 1.165) is 59.6 Å². The van der Waals surface area contributed by atoms with Crippen LogP contribution in [0.1, 0.15) is 59.8 Å². The molecule has 0 aromatic carbocycles. The van der Waals surface area contributed by atoms with Gasteiger partial charge in [0, 0.05) is 68.3 Å². The number of carboxylic acid groups (broad SMARTS) is 1. The Bertz CT molecular complexity index is 1560. The van der Waals surface area contributed by atoms with Gasteiger partial charge in [0.15, 0.2) is 0 Å². The number of rotatable bonds is 7. The smallest absolute Gasteiger partial charge is 0.290 e. The quantitative estimate of drug-likeness (QED) is 0.247. The zero-order valence-electron chi connectivity index (χ0n) is 23.5. The number of hydrogen-bond acceptors (Lipinski definition) is 8. The van der Waals surface area contributed by atoms with Crippen molar-refractivity contribution in [3.05, 3.63) is 65.2 Å². The first kappa shape index (κ1) is 28.2.